The topological polar surface area (TPSA) is 86.3 Å². The first-order valence-electron chi connectivity index (χ1n) is 9.40. The molecular formula is C24H16N2O4S. The fourth-order valence-corrected chi connectivity index (χ4v) is 4.50. The van der Waals surface area contributed by atoms with Crippen LogP contribution < -0.4 is 0 Å². The molecule has 0 aromatic heterocycles. The van der Waals surface area contributed by atoms with Gasteiger partial charge in [0.25, 0.3) is 11.4 Å². The molecule has 6 nitrogen and oxygen atoms in total. The van der Waals surface area contributed by atoms with Gasteiger partial charge in [0.2, 0.25) is 0 Å². The summed E-state index contributed by atoms with van der Waals surface area (Å²) in [7, 11) is 0. The van der Waals surface area contributed by atoms with E-state index in [-0.39, 0.29) is 11.4 Å². The first-order valence-corrected chi connectivity index (χ1v) is 10.2. The second kappa shape index (κ2) is 8.81. The maximum Gasteiger partial charge on any atom is 0.290 e. The van der Waals surface area contributed by atoms with Gasteiger partial charge in [0.05, 0.1) is 30.8 Å². The molecule has 0 spiro atoms. The van der Waals surface area contributed by atoms with Gasteiger partial charge in [0.15, 0.2) is 0 Å². The molecule has 0 saturated carbocycles. The minimum Gasteiger partial charge on any atom is -0.258 e. The first kappa shape index (κ1) is 20.3. The van der Waals surface area contributed by atoms with Crippen LogP contribution in [0.5, 0.6) is 0 Å². The van der Waals surface area contributed by atoms with Crippen molar-refractivity contribution in [2.24, 2.45) is 0 Å². The summed E-state index contributed by atoms with van der Waals surface area (Å²) in [6, 6.07) is 28.2. The van der Waals surface area contributed by atoms with Crippen molar-refractivity contribution < 1.29 is 9.85 Å². The van der Waals surface area contributed by atoms with Crippen LogP contribution in [0.3, 0.4) is 0 Å². The highest BCUT2D eigenvalue weighted by molar-refractivity contribution is 7.99. The summed E-state index contributed by atoms with van der Waals surface area (Å²) in [5.74, 6) is 0. The summed E-state index contributed by atoms with van der Waals surface area (Å²) in [4.78, 5) is 23.8. The molecule has 0 aliphatic rings. The van der Waals surface area contributed by atoms with Crippen LogP contribution in [-0.4, -0.2) is 9.85 Å². The van der Waals surface area contributed by atoms with Crippen LogP contribution >= 0.6 is 11.8 Å². The molecule has 0 unspecified atom stereocenters. The Morgan fingerprint density at radius 1 is 0.516 bits per heavy atom. The summed E-state index contributed by atoms with van der Waals surface area (Å²) in [6.45, 7) is 0. The summed E-state index contributed by atoms with van der Waals surface area (Å²) < 4.78 is 0. The molecule has 31 heavy (non-hydrogen) atoms. The maximum absolute atomic E-state index is 12.0. The van der Waals surface area contributed by atoms with Crippen LogP contribution in [-0.2, 0) is 0 Å². The monoisotopic (exact) mass is 428 g/mol. The molecular weight excluding hydrogens is 412 g/mol. The van der Waals surface area contributed by atoms with E-state index >= 15 is 0 Å². The molecule has 0 N–H and O–H groups in total. The third-order valence-electron chi connectivity index (χ3n) is 4.75. The Kier molecular flexibility index (Phi) is 5.77. The second-order valence-electron chi connectivity index (χ2n) is 6.65. The van der Waals surface area contributed by atoms with Gasteiger partial charge < -0.3 is 0 Å². The summed E-state index contributed by atoms with van der Waals surface area (Å²) in [5.41, 5.74) is 2.22. The Bertz CT molecular complexity index is 1160. The molecule has 0 radical (unpaired) electrons. The third kappa shape index (κ3) is 4.17. The molecule has 0 heterocycles. The van der Waals surface area contributed by atoms with Gasteiger partial charge in [-0.1, -0.05) is 84.6 Å². The van der Waals surface area contributed by atoms with E-state index in [1.807, 2.05) is 36.4 Å². The molecule has 4 aromatic rings. The van der Waals surface area contributed by atoms with Crippen molar-refractivity contribution in [2.75, 3.05) is 0 Å². The molecule has 0 fully saturated rings. The number of nitrogens with zero attached hydrogens (tertiary/aromatic N) is 2. The molecule has 0 bridgehead atoms. The van der Waals surface area contributed by atoms with Crippen LogP contribution in [0, 0.1) is 20.2 Å². The smallest absolute Gasteiger partial charge is 0.258 e. The molecule has 0 atom stereocenters. The Morgan fingerprint density at radius 3 is 1.26 bits per heavy atom. The lowest BCUT2D eigenvalue weighted by molar-refractivity contribution is -0.387. The lowest BCUT2D eigenvalue weighted by Crippen LogP contribution is -1.97. The zero-order chi connectivity index (χ0) is 21.8. The van der Waals surface area contributed by atoms with E-state index in [1.165, 1.54) is 0 Å². The average molecular weight is 428 g/mol. The number of rotatable bonds is 6. The van der Waals surface area contributed by atoms with Gasteiger partial charge in [-0.25, -0.2) is 0 Å². The standard InChI is InChI=1S/C24H16N2O4S/c27-25(28)23-19(17-9-3-1-4-10-17)13-7-15-21(23)31-22-16-8-14-20(24(22)26(29)30)18-11-5-2-6-12-18/h1-16H. The van der Waals surface area contributed by atoms with E-state index in [2.05, 4.69) is 0 Å². The third-order valence-corrected chi connectivity index (χ3v) is 5.85. The lowest BCUT2D eigenvalue weighted by atomic mass is 10.0. The van der Waals surface area contributed by atoms with E-state index in [0.717, 1.165) is 11.8 Å². The van der Waals surface area contributed by atoms with Crippen molar-refractivity contribution in [2.45, 2.75) is 9.79 Å². The number of nitro groups is 2. The summed E-state index contributed by atoms with van der Waals surface area (Å²) in [6.07, 6.45) is 0. The average Bonchev–Trinajstić information content (AvgIpc) is 2.79. The minimum absolute atomic E-state index is 0.0712. The van der Waals surface area contributed by atoms with Crippen molar-refractivity contribution in [1.29, 1.82) is 0 Å². The predicted octanol–water partition coefficient (Wildman–Crippen LogP) is 6.99. The Morgan fingerprint density at radius 2 is 0.903 bits per heavy atom. The van der Waals surface area contributed by atoms with Crippen LogP contribution in [0.4, 0.5) is 11.4 Å². The van der Waals surface area contributed by atoms with Gasteiger partial charge in [-0.05, 0) is 35.4 Å². The highest BCUT2D eigenvalue weighted by Gasteiger charge is 2.26. The van der Waals surface area contributed by atoms with E-state index in [4.69, 9.17) is 0 Å². The largest absolute Gasteiger partial charge is 0.290 e. The number of para-hydroxylation sites is 2. The highest BCUT2D eigenvalue weighted by Crippen LogP contribution is 2.45. The fraction of sp³-hybridized carbons (Fsp3) is 0. The SMILES string of the molecule is O=[N+]([O-])c1c(Sc2cccc(-c3ccccc3)c2[N+](=O)[O-])cccc1-c1ccccc1. The highest BCUT2D eigenvalue weighted by atomic mass is 32.2. The predicted molar refractivity (Wildman–Crippen MR) is 121 cm³/mol. The summed E-state index contributed by atoms with van der Waals surface area (Å²) in [5, 5.41) is 23.9. The summed E-state index contributed by atoms with van der Waals surface area (Å²) >= 11 is 1.03. The van der Waals surface area contributed by atoms with Crippen molar-refractivity contribution in [1.82, 2.24) is 0 Å². The lowest BCUT2D eigenvalue weighted by Gasteiger charge is -2.10. The van der Waals surface area contributed by atoms with E-state index in [9.17, 15) is 20.2 Å². The van der Waals surface area contributed by atoms with Crippen LogP contribution in [0.15, 0.2) is 107 Å². The van der Waals surface area contributed by atoms with Crippen molar-refractivity contribution in [3.63, 3.8) is 0 Å². The van der Waals surface area contributed by atoms with Crippen LogP contribution in [0.2, 0.25) is 0 Å². The van der Waals surface area contributed by atoms with Gasteiger partial charge in [-0.3, -0.25) is 20.2 Å². The number of hydrogen-bond donors (Lipinski definition) is 0. The maximum atomic E-state index is 12.0. The molecule has 7 heteroatoms. The van der Waals surface area contributed by atoms with Gasteiger partial charge in [0, 0.05) is 0 Å². The van der Waals surface area contributed by atoms with Crippen molar-refractivity contribution in [3.05, 3.63) is 117 Å². The Labute approximate surface area is 182 Å². The molecule has 152 valence electrons. The quantitative estimate of drug-likeness (QED) is 0.244. The molecule has 0 aliphatic heterocycles. The normalized spacial score (nSPS) is 10.6. The Hall–Kier alpha value is -3.97. The van der Waals surface area contributed by atoms with E-state index < -0.39 is 9.85 Å². The minimum atomic E-state index is -0.433. The van der Waals surface area contributed by atoms with E-state index in [1.54, 1.807) is 60.7 Å². The fourth-order valence-electron chi connectivity index (χ4n) is 3.41. The van der Waals surface area contributed by atoms with Crippen molar-refractivity contribution >= 4 is 23.1 Å². The molecule has 4 rings (SSSR count). The molecule has 4 aromatic carbocycles. The molecule has 0 amide bonds. The van der Waals surface area contributed by atoms with Gasteiger partial charge in [0.1, 0.15) is 0 Å². The van der Waals surface area contributed by atoms with E-state index in [0.29, 0.717) is 32.0 Å². The van der Waals surface area contributed by atoms with Crippen molar-refractivity contribution in [3.8, 4) is 22.3 Å². The zero-order valence-corrected chi connectivity index (χ0v) is 17.0. The number of nitro benzene ring substituents is 2. The van der Waals surface area contributed by atoms with Gasteiger partial charge in [-0.15, -0.1) is 0 Å². The first-order chi connectivity index (χ1) is 15.1. The van der Waals surface area contributed by atoms with Crippen LogP contribution in [0.1, 0.15) is 0 Å². The second-order valence-corrected chi connectivity index (χ2v) is 7.74. The van der Waals surface area contributed by atoms with Gasteiger partial charge >= 0.3 is 0 Å². The number of benzene rings is 4. The van der Waals surface area contributed by atoms with Gasteiger partial charge in [-0.2, -0.15) is 0 Å². The molecule has 0 saturated heterocycles. The zero-order valence-electron chi connectivity index (χ0n) is 16.2. The van der Waals surface area contributed by atoms with Crippen LogP contribution in [0.25, 0.3) is 22.3 Å². The molecule has 0 aliphatic carbocycles. The number of hydrogen-bond acceptors (Lipinski definition) is 5. The Balaban J connectivity index is 1.86.